The number of aliphatic hydroxyl groups excluding tert-OH is 4. The summed E-state index contributed by atoms with van der Waals surface area (Å²) in [5, 5.41) is 44.2. The molecule has 0 radical (unpaired) electrons. The first-order valence-electron chi connectivity index (χ1n) is 41.1. The molecule has 548 valence electrons. The van der Waals surface area contributed by atoms with E-state index in [2.05, 4.69) is 37.5 Å². The SMILES string of the molecule is CCCCCCCCCCCCCCCCC(O)CN(CCSC(=O)CCC(=O)C(=O)SCCN(CC(O)CCCCCCCCCCCCCCCC)CC(O)CCCCCCCCCCCCCCCC)CC(O)CCCCCCCCCCCCCCCC. The van der Waals surface area contributed by atoms with Crippen molar-refractivity contribution in [3.63, 3.8) is 0 Å². The first-order chi connectivity index (χ1) is 45.1. The zero-order valence-corrected chi connectivity index (χ0v) is 63.7. The molecule has 11 heteroatoms. The van der Waals surface area contributed by atoms with Crippen molar-refractivity contribution >= 4 is 39.5 Å². The standard InChI is InChI=1S/C81H160N2O7S2/c1-5-9-13-17-21-25-29-33-37-41-45-49-53-57-61-75(84)71-82(72-76(85)62-58-54-50-46-42-38-34-30-26-22-18-14-10-6-2)67-69-91-80(89)66-65-79(88)81(90)92-70-68-83(73-77(86)63-59-55-51-47-43-39-35-31-27-23-19-15-11-7-3)74-78(87)64-60-56-52-48-44-40-36-32-28-24-20-16-12-8-4/h75-78,84-87H,5-74H2,1-4H3. The van der Waals surface area contributed by atoms with Gasteiger partial charge in [-0.1, -0.05) is 411 Å². The van der Waals surface area contributed by atoms with E-state index in [1.54, 1.807) is 0 Å². The molecule has 0 spiro atoms. The minimum absolute atomic E-state index is 0.00230. The zero-order chi connectivity index (χ0) is 67.1. The maximum Gasteiger partial charge on any atom is 0.255 e. The highest BCUT2D eigenvalue weighted by molar-refractivity contribution is 8.15. The van der Waals surface area contributed by atoms with Crippen molar-refractivity contribution in [3.05, 3.63) is 0 Å². The van der Waals surface area contributed by atoms with Crippen molar-refractivity contribution in [2.45, 2.75) is 450 Å². The first-order valence-corrected chi connectivity index (χ1v) is 43.1. The van der Waals surface area contributed by atoms with Gasteiger partial charge in [0.05, 0.1) is 24.4 Å². The van der Waals surface area contributed by atoms with Crippen LogP contribution in [0.3, 0.4) is 0 Å². The molecule has 0 saturated heterocycles. The van der Waals surface area contributed by atoms with E-state index in [-0.39, 0.29) is 18.0 Å². The number of hydrogen-bond donors (Lipinski definition) is 4. The van der Waals surface area contributed by atoms with E-state index in [1.807, 2.05) is 0 Å². The molecular weight excluding hydrogens is 1180 g/mol. The molecule has 0 rings (SSSR count). The van der Waals surface area contributed by atoms with E-state index in [0.29, 0.717) is 50.8 Å². The van der Waals surface area contributed by atoms with Crippen LogP contribution in [-0.4, -0.2) is 121 Å². The van der Waals surface area contributed by atoms with Crippen molar-refractivity contribution in [2.75, 3.05) is 50.8 Å². The highest BCUT2D eigenvalue weighted by Crippen LogP contribution is 2.21. The molecule has 0 fully saturated rings. The molecule has 0 aliphatic carbocycles. The maximum absolute atomic E-state index is 13.2. The minimum Gasteiger partial charge on any atom is -0.392 e. The number of Topliss-reactive ketones (excluding diaryl/α,β-unsaturated/α-hetero) is 1. The number of carbonyl (C=O) groups excluding carboxylic acids is 3. The Morgan fingerprint density at radius 3 is 0.652 bits per heavy atom. The summed E-state index contributed by atoms with van der Waals surface area (Å²) in [6, 6.07) is 0. The number of aliphatic hydroxyl groups is 4. The third kappa shape index (κ3) is 69.4. The summed E-state index contributed by atoms with van der Waals surface area (Å²) < 4.78 is 0. The Morgan fingerprint density at radius 2 is 0.446 bits per heavy atom. The maximum atomic E-state index is 13.2. The second-order valence-electron chi connectivity index (χ2n) is 29.0. The number of unbranched alkanes of at least 4 members (excludes halogenated alkanes) is 52. The third-order valence-corrected chi connectivity index (χ3v) is 21.3. The van der Waals surface area contributed by atoms with Crippen LogP contribution in [0.4, 0.5) is 0 Å². The Kier molecular flexibility index (Phi) is 74.3. The lowest BCUT2D eigenvalue weighted by molar-refractivity contribution is -0.132. The lowest BCUT2D eigenvalue weighted by Gasteiger charge is -2.27. The van der Waals surface area contributed by atoms with Gasteiger partial charge >= 0.3 is 0 Å². The van der Waals surface area contributed by atoms with Gasteiger partial charge in [-0.05, 0) is 25.7 Å². The molecule has 4 atom stereocenters. The van der Waals surface area contributed by atoms with E-state index in [4.69, 9.17) is 0 Å². The van der Waals surface area contributed by atoms with Crippen LogP contribution in [0, 0.1) is 0 Å². The lowest BCUT2D eigenvalue weighted by Crippen LogP contribution is -2.39. The molecule has 0 amide bonds. The van der Waals surface area contributed by atoms with E-state index in [1.165, 1.54) is 320 Å². The third-order valence-electron chi connectivity index (χ3n) is 19.5. The second-order valence-corrected chi connectivity index (χ2v) is 31.2. The van der Waals surface area contributed by atoms with Gasteiger partial charge in [0.2, 0.25) is 5.78 Å². The van der Waals surface area contributed by atoms with Crippen molar-refractivity contribution in [1.82, 2.24) is 9.80 Å². The van der Waals surface area contributed by atoms with Crippen LogP contribution < -0.4 is 0 Å². The molecule has 4 unspecified atom stereocenters. The summed E-state index contributed by atoms with van der Waals surface area (Å²) >= 11 is 2.18. The highest BCUT2D eigenvalue weighted by atomic mass is 32.2. The minimum atomic E-state index is -0.536. The van der Waals surface area contributed by atoms with Gasteiger partial charge in [-0.3, -0.25) is 24.2 Å². The fourth-order valence-electron chi connectivity index (χ4n) is 13.4. The molecule has 4 N–H and O–H groups in total. The van der Waals surface area contributed by atoms with Crippen molar-refractivity contribution in [2.24, 2.45) is 0 Å². The van der Waals surface area contributed by atoms with Gasteiger partial charge in [0.15, 0.2) is 5.12 Å². The number of ketones is 1. The molecule has 0 saturated carbocycles. The Hall–Kier alpha value is -0.530. The molecule has 0 aromatic carbocycles. The number of rotatable bonds is 78. The number of carbonyl (C=O) groups is 3. The summed E-state index contributed by atoms with van der Waals surface area (Å²) in [7, 11) is 0. The molecule has 0 aliphatic heterocycles. The summed E-state index contributed by atoms with van der Waals surface area (Å²) in [5.74, 6) is 0.349. The van der Waals surface area contributed by atoms with Gasteiger partial charge in [0, 0.05) is 63.6 Å². The lowest BCUT2D eigenvalue weighted by atomic mass is 10.0. The second kappa shape index (κ2) is 74.7. The van der Waals surface area contributed by atoms with Crippen LogP contribution in [0.5, 0.6) is 0 Å². The van der Waals surface area contributed by atoms with Crippen LogP contribution in [0.1, 0.15) is 426 Å². The summed E-state index contributed by atoms with van der Waals surface area (Å²) in [6.45, 7) is 12.0. The molecule has 9 nitrogen and oxygen atoms in total. The number of hydrogen-bond acceptors (Lipinski definition) is 11. The van der Waals surface area contributed by atoms with Gasteiger partial charge in [0.1, 0.15) is 0 Å². The number of nitrogens with zero attached hydrogens (tertiary/aromatic N) is 2. The molecule has 0 heterocycles. The fourth-order valence-corrected chi connectivity index (χ4v) is 15.0. The van der Waals surface area contributed by atoms with Crippen LogP contribution in [0.15, 0.2) is 0 Å². The van der Waals surface area contributed by atoms with E-state index in [9.17, 15) is 34.8 Å². The van der Waals surface area contributed by atoms with Gasteiger partial charge in [-0.2, -0.15) is 0 Å². The predicted octanol–water partition coefficient (Wildman–Crippen LogP) is 23.4. The van der Waals surface area contributed by atoms with Crippen molar-refractivity contribution in [3.8, 4) is 0 Å². The number of thioether (sulfide) groups is 2. The molecule has 0 aromatic heterocycles. The Balaban J connectivity index is 5.08. The molecule has 0 aromatic rings. The molecular formula is C81H160N2O7S2. The predicted molar refractivity (Wildman–Crippen MR) is 406 cm³/mol. The van der Waals surface area contributed by atoms with Crippen molar-refractivity contribution in [1.29, 1.82) is 0 Å². The first kappa shape index (κ1) is 91.5. The Bertz CT molecular complexity index is 1430. The Morgan fingerprint density at radius 1 is 0.261 bits per heavy atom. The van der Waals surface area contributed by atoms with Gasteiger partial charge in [-0.15, -0.1) is 0 Å². The van der Waals surface area contributed by atoms with Crippen molar-refractivity contribution < 1.29 is 34.8 Å². The summed E-state index contributed by atoms with van der Waals surface area (Å²) in [6.07, 6.45) is 73.6. The quantitative estimate of drug-likeness (QED) is 0.0342. The van der Waals surface area contributed by atoms with Crippen LogP contribution in [0.2, 0.25) is 0 Å². The van der Waals surface area contributed by atoms with Crippen LogP contribution in [0.25, 0.3) is 0 Å². The monoisotopic (exact) mass is 1340 g/mol. The van der Waals surface area contributed by atoms with Crippen LogP contribution >= 0.6 is 23.5 Å². The molecule has 0 bridgehead atoms. The van der Waals surface area contributed by atoms with Gasteiger partial charge < -0.3 is 20.4 Å². The normalized spacial score (nSPS) is 13.2. The zero-order valence-electron chi connectivity index (χ0n) is 62.0. The molecule has 92 heavy (non-hydrogen) atoms. The average Bonchev–Trinajstić information content (AvgIpc) is 3.57. The van der Waals surface area contributed by atoms with Gasteiger partial charge in [-0.25, -0.2) is 0 Å². The summed E-state index contributed by atoms with van der Waals surface area (Å²) in [5.41, 5.74) is 0. The van der Waals surface area contributed by atoms with E-state index < -0.39 is 35.3 Å². The van der Waals surface area contributed by atoms with Gasteiger partial charge in [0.25, 0.3) is 5.12 Å². The van der Waals surface area contributed by atoms with Crippen LogP contribution in [-0.2, 0) is 14.4 Å². The fraction of sp³-hybridized carbons (Fsp3) is 0.963. The van der Waals surface area contributed by atoms with E-state index in [0.717, 1.165) is 88.8 Å². The summed E-state index contributed by atoms with van der Waals surface area (Å²) in [4.78, 5) is 43.7. The Labute approximate surface area is 581 Å². The molecule has 0 aliphatic rings. The topological polar surface area (TPSA) is 139 Å². The van der Waals surface area contributed by atoms with E-state index >= 15 is 0 Å². The smallest absolute Gasteiger partial charge is 0.255 e. The highest BCUT2D eigenvalue weighted by Gasteiger charge is 2.21. The largest absolute Gasteiger partial charge is 0.392 e. The average molecular weight is 1340 g/mol.